The van der Waals surface area contributed by atoms with E-state index >= 15 is 0 Å². The van der Waals surface area contributed by atoms with Crippen molar-refractivity contribution >= 4 is 5.91 Å². The standard InChI is InChI=1S/C12H20N4O/c1-15(2)12(17)9-16-8-4-3-5-11(16)10-6-7-13-14-10/h6-7,11H,3-5,8-9H2,1-2H3,(H,13,14). The van der Waals surface area contributed by atoms with Crippen LogP contribution in [0.3, 0.4) is 0 Å². The predicted molar refractivity (Wildman–Crippen MR) is 65.4 cm³/mol. The molecule has 5 heteroatoms. The van der Waals surface area contributed by atoms with Gasteiger partial charge in [0.1, 0.15) is 0 Å². The molecule has 94 valence electrons. The highest BCUT2D eigenvalue weighted by Crippen LogP contribution is 2.29. The zero-order chi connectivity index (χ0) is 12.3. The van der Waals surface area contributed by atoms with Crippen LogP contribution >= 0.6 is 0 Å². The molecule has 1 fully saturated rings. The largest absolute Gasteiger partial charge is 0.348 e. The molecule has 1 N–H and O–H groups in total. The normalized spacial score (nSPS) is 21.4. The van der Waals surface area contributed by atoms with E-state index in [-0.39, 0.29) is 5.91 Å². The van der Waals surface area contributed by atoms with Crippen LogP contribution in [0.5, 0.6) is 0 Å². The Morgan fingerprint density at radius 2 is 2.41 bits per heavy atom. The number of likely N-dealkylation sites (tertiary alicyclic amines) is 1. The smallest absolute Gasteiger partial charge is 0.236 e. The molecular formula is C12H20N4O. The lowest BCUT2D eigenvalue weighted by Gasteiger charge is -2.34. The number of carbonyl (C=O) groups is 1. The van der Waals surface area contributed by atoms with Crippen LogP contribution in [0.25, 0.3) is 0 Å². The van der Waals surface area contributed by atoms with Gasteiger partial charge in [0.25, 0.3) is 0 Å². The molecular weight excluding hydrogens is 216 g/mol. The number of H-pyrrole nitrogens is 1. The minimum absolute atomic E-state index is 0.163. The van der Waals surface area contributed by atoms with E-state index < -0.39 is 0 Å². The van der Waals surface area contributed by atoms with Gasteiger partial charge in [0.15, 0.2) is 0 Å². The Balaban J connectivity index is 2.05. The van der Waals surface area contributed by atoms with Crippen LogP contribution in [0.4, 0.5) is 0 Å². The van der Waals surface area contributed by atoms with Crippen molar-refractivity contribution in [3.63, 3.8) is 0 Å². The van der Waals surface area contributed by atoms with Gasteiger partial charge in [-0.05, 0) is 25.5 Å². The van der Waals surface area contributed by atoms with Crippen LogP contribution in [0.1, 0.15) is 31.0 Å². The van der Waals surface area contributed by atoms with Crippen LogP contribution in [0, 0.1) is 0 Å². The highest BCUT2D eigenvalue weighted by molar-refractivity contribution is 5.77. The van der Waals surface area contributed by atoms with Crippen molar-refractivity contribution in [1.29, 1.82) is 0 Å². The minimum atomic E-state index is 0.163. The average molecular weight is 236 g/mol. The fourth-order valence-corrected chi connectivity index (χ4v) is 2.30. The molecule has 1 aromatic rings. The van der Waals surface area contributed by atoms with E-state index in [1.807, 2.05) is 6.07 Å². The van der Waals surface area contributed by atoms with Crippen LogP contribution in [0.15, 0.2) is 12.3 Å². The Morgan fingerprint density at radius 3 is 3.06 bits per heavy atom. The summed E-state index contributed by atoms with van der Waals surface area (Å²) in [6, 6.07) is 2.32. The van der Waals surface area contributed by atoms with Crippen molar-refractivity contribution in [2.45, 2.75) is 25.3 Å². The summed E-state index contributed by atoms with van der Waals surface area (Å²) in [7, 11) is 3.61. The molecule has 2 heterocycles. The van der Waals surface area contributed by atoms with Gasteiger partial charge in [0.2, 0.25) is 5.91 Å². The first kappa shape index (κ1) is 12.1. The zero-order valence-corrected chi connectivity index (χ0v) is 10.5. The second-order valence-electron chi connectivity index (χ2n) is 4.78. The van der Waals surface area contributed by atoms with Gasteiger partial charge in [0, 0.05) is 20.3 Å². The molecule has 1 atom stereocenters. The first-order valence-electron chi connectivity index (χ1n) is 6.12. The molecule has 5 nitrogen and oxygen atoms in total. The molecule has 0 spiro atoms. The molecule has 0 aromatic carbocycles. The topological polar surface area (TPSA) is 52.2 Å². The van der Waals surface area contributed by atoms with E-state index in [4.69, 9.17) is 0 Å². The number of amides is 1. The molecule has 17 heavy (non-hydrogen) atoms. The molecule has 1 saturated heterocycles. The van der Waals surface area contributed by atoms with Crippen molar-refractivity contribution in [3.8, 4) is 0 Å². The Labute approximate surface area is 102 Å². The first-order valence-corrected chi connectivity index (χ1v) is 6.12. The molecule has 2 rings (SSSR count). The molecule has 0 bridgehead atoms. The van der Waals surface area contributed by atoms with Gasteiger partial charge < -0.3 is 4.90 Å². The maximum Gasteiger partial charge on any atom is 0.236 e. The molecule has 1 aliphatic rings. The summed E-state index contributed by atoms with van der Waals surface area (Å²) >= 11 is 0. The van der Waals surface area contributed by atoms with Crippen molar-refractivity contribution in [2.24, 2.45) is 0 Å². The Hall–Kier alpha value is -1.36. The van der Waals surface area contributed by atoms with E-state index in [2.05, 4.69) is 15.1 Å². The Morgan fingerprint density at radius 1 is 1.59 bits per heavy atom. The van der Waals surface area contributed by atoms with Crippen molar-refractivity contribution in [3.05, 3.63) is 18.0 Å². The van der Waals surface area contributed by atoms with Crippen molar-refractivity contribution in [1.82, 2.24) is 20.0 Å². The molecule has 1 unspecified atom stereocenters. The molecule has 0 saturated carbocycles. The first-order chi connectivity index (χ1) is 8.18. The number of piperidine rings is 1. The summed E-state index contributed by atoms with van der Waals surface area (Å²) in [6.45, 7) is 1.49. The van der Waals surface area contributed by atoms with Gasteiger partial charge in [-0.2, -0.15) is 5.10 Å². The summed E-state index contributed by atoms with van der Waals surface area (Å²) < 4.78 is 0. The second kappa shape index (κ2) is 5.31. The highest BCUT2D eigenvalue weighted by atomic mass is 16.2. The summed E-state index contributed by atoms with van der Waals surface area (Å²) in [5, 5.41) is 7.02. The van der Waals surface area contributed by atoms with Crippen LogP contribution in [-0.4, -0.2) is 53.1 Å². The lowest BCUT2D eigenvalue weighted by molar-refractivity contribution is -0.130. The maximum absolute atomic E-state index is 11.8. The zero-order valence-electron chi connectivity index (χ0n) is 10.5. The van der Waals surface area contributed by atoms with Crippen LogP contribution in [-0.2, 0) is 4.79 Å². The van der Waals surface area contributed by atoms with Crippen molar-refractivity contribution < 1.29 is 4.79 Å². The highest BCUT2D eigenvalue weighted by Gasteiger charge is 2.26. The summed E-state index contributed by atoms with van der Waals surface area (Å²) in [5.74, 6) is 0.163. The van der Waals surface area contributed by atoms with Gasteiger partial charge in [-0.3, -0.25) is 14.8 Å². The number of aromatic nitrogens is 2. The summed E-state index contributed by atoms with van der Waals surface area (Å²) in [6.07, 6.45) is 5.26. The third kappa shape index (κ3) is 2.85. The molecule has 1 aromatic heterocycles. The number of aromatic amines is 1. The Bertz CT molecular complexity index is 361. The summed E-state index contributed by atoms with van der Waals surface area (Å²) in [5.41, 5.74) is 1.12. The third-order valence-electron chi connectivity index (χ3n) is 3.33. The average Bonchev–Trinajstić information content (AvgIpc) is 2.83. The molecule has 1 amide bonds. The van der Waals surface area contributed by atoms with E-state index in [1.54, 1.807) is 25.2 Å². The minimum Gasteiger partial charge on any atom is -0.348 e. The van der Waals surface area contributed by atoms with Gasteiger partial charge in [0.05, 0.1) is 18.3 Å². The second-order valence-corrected chi connectivity index (χ2v) is 4.78. The lowest BCUT2D eigenvalue weighted by atomic mass is 9.99. The molecule has 0 aliphatic carbocycles. The number of rotatable bonds is 3. The van der Waals surface area contributed by atoms with E-state index in [0.29, 0.717) is 12.6 Å². The number of carbonyl (C=O) groups excluding carboxylic acids is 1. The van der Waals surface area contributed by atoms with Gasteiger partial charge in [-0.15, -0.1) is 0 Å². The van der Waals surface area contributed by atoms with Gasteiger partial charge in [-0.25, -0.2) is 0 Å². The third-order valence-corrected chi connectivity index (χ3v) is 3.33. The number of hydrogen-bond acceptors (Lipinski definition) is 3. The van der Waals surface area contributed by atoms with Gasteiger partial charge >= 0.3 is 0 Å². The van der Waals surface area contributed by atoms with Crippen LogP contribution < -0.4 is 0 Å². The fourth-order valence-electron chi connectivity index (χ4n) is 2.30. The van der Waals surface area contributed by atoms with E-state index in [9.17, 15) is 4.79 Å². The number of likely N-dealkylation sites (N-methyl/N-ethyl adjacent to an activating group) is 1. The quantitative estimate of drug-likeness (QED) is 0.852. The fraction of sp³-hybridized carbons (Fsp3) is 0.667. The lowest BCUT2D eigenvalue weighted by Crippen LogP contribution is -2.41. The summed E-state index contributed by atoms with van der Waals surface area (Å²) in [4.78, 5) is 15.7. The van der Waals surface area contributed by atoms with Gasteiger partial charge in [-0.1, -0.05) is 6.42 Å². The van der Waals surface area contributed by atoms with E-state index in [1.165, 1.54) is 12.8 Å². The maximum atomic E-state index is 11.8. The number of hydrogen-bond donors (Lipinski definition) is 1. The van der Waals surface area contributed by atoms with Crippen molar-refractivity contribution in [2.75, 3.05) is 27.2 Å². The predicted octanol–water partition coefficient (Wildman–Crippen LogP) is 1.02. The monoisotopic (exact) mass is 236 g/mol. The molecule has 0 radical (unpaired) electrons. The SMILES string of the molecule is CN(C)C(=O)CN1CCCCC1c1ccn[nH]1. The number of nitrogens with zero attached hydrogens (tertiary/aromatic N) is 3. The number of nitrogens with one attached hydrogen (secondary N) is 1. The van der Waals surface area contributed by atoms with E-state index in [0.717, 1.165) is 18.7 Å². The molecule has 1 aliphatic heterocycles. The Kier molecular flexibility index (Phi) is 3.78. The van der Waals surface area contributed by atoms with Crippen LogP contribution in [0.2, 0.25) is 0 Å².